The molecular weight excluding hydrogens is 212 g/mol. The van der Waals surface area contributed by atoms with E-state index in [-0.39, 0.29) is 6.10 Å². The molecule has 1 N–H and O–H groups in total. The average molecular weight is 234 g/mol. The molecule has 0 amide bonds. The van der Waals surface area contributed by atoms with Crippen molar-refractivity contribution in [3.63, 3.8) is 0 Å². The number of aliphatic hydroxyl groups excluding tert-OH is 1. The van der Waals surface area contributed by atoms with Crippen molar-refractivity contribution in [1.82, 2.24) is 9.80 Å². The summed E-state index contributed by atoms with van der Waals surface area (Å²) >= 11 is 0. The van der Waals surface area contributed by atoms with E-state index in [1.165, 1.54) is 5.56 Å². The van der Waals surface area contributed by atoms with E-state index in [1.54, 1.807) is 0 Å². The summed E-state index contributed by atoms with van der Waals surface area (Å²) in [6.07, 6.45) is -0.361. The Morgan fingerprint density at radius 3 is 2.47 bits per heavy atom. The molecule has 1 atom stereocenters. The van der Waals surface area contributed by atoms with Gasteiger partial charge in [0.25, 0.3) is 0 Å². The summed E-state index contributed by atoms with van der Waals surface area (Å²) in [4.78, 5) is 4.67. The van der Waals surface area contributed by atoms with E-state index in [0.29, 0.717) is 0 Å². The average Bonchev–Trinajstić information content (AvgIpc) is 2.32. The van der Waals surface area contributed by atoms with Gasteiger partial charge < -0.3 is 10.0 Å². The Kier molecular flexibility index (Phi) is 4.15. The molecule has 1 aliphatic rings. The molecular formula is C14H22N2O. The summed E-state index contributed by atoms with van der Waals surface area (Å²) in [6.45, 7) is 7.11. The smallest absolute Gasteiger partial charge is 0.0919 e. The Morgan fingerprint density at radius 1 is 1.18 bits per heavy atom. The number of rotatable bonds is 3. The van der Waals surface area contributed by atoms with Crippen LogP contribution in [0.25, 0.3) is 0 Å². The lowest BCUT2D eigenvalue weighted by molar-refractivity contribution is 0.0802. The number of aliphatic hydroxyl groups is 1. The first-order valence-corrected chi connectivity index (χ1v) is 6.31. The number of likely N-dealkylation sites (N-methyl/N-ethyl adjacent to an activating group) is 1. The first kappa shape index (κ1) is 12.6. The van der Waals surface area contributed by atoms with E-state index in [1.807, 2.05) is 18.2 Å². The van der Waals surface area contributed by atoms with E-state index in [9.17, 15) is 5.11 Å². The minimum Gasteiger partial charge on any atom is -0.387 e. The van der Waals surface area contributed by atoms with Gasteiger partial charge in [-0.1, -0.05) is 24.3 Å². The highest BCUT2D eigenvalue weighted by Crippen LogP contribution is 2.18. The summed E-state index contributed by atoms with van der Waals surface area (Å²) in [6, 6.07) is 8.09. The SMILES string of the molecule is Cc1ccccc1C(O)CN1CCN(C)CC1. The quantitative estimate of drug-likeness (QED) is 0.853. The van der Waals surface area contributed by atoms with Gasteiger partial charge in [-0.05, 0) is 25.1 Å². The highest BCUT2D eigenvalue weighted by molar-refractivity contribution is 5.27. The Hall–Kier alpha value is -0.900. The lowest BCUT2D eigenvalue weighted by Crippen LogP contribution is -2.45. The van der Waals surface area contributed by atoms with Crippen LogP contribution in [0.5, 0.6) is 0 Å². The van der Waals surface area contributed by atoms with Crippen molar-refractivity contribution < 1.29 is 5.11 Å². The number of nitrogens with zero attached hydrogens (tertiary/aromatic N) is 2. The molecule has 17 heavy (non-hydrogen) atoms. The van der Waals surface area contributed by atoms with Crippen LogP contribution < -0.4 is 0 Å². The molecule has 1 aliphatic heterocycles. The summed E-state index contributed by atoms with van der Waals surface area (Å²) in [5.74, 6) is 0. The molecule has 1 saturated heterocycles. The first-order chi connectivity index (χ1) is 8.16. The molecule has 94 valence electrons. The van der Waals surface area contributed by atoms with Gasteiger partial charge in [0.2, 0.25) is 0 Å². The Bertz CT molecular complexity index is 359. The second-order valence-corrected chi connectivity index (χ2v) is 4.98. The number of benzene rings is 1. The van der Waals surface area contributed by atoms with Crippen LogP contribution in [0, 0.1) is 6.92 Å². The predicted octanol–water partition coefficient (Wildman–Crippen LogP) is 1.28. The van der Waals surface area contributed by atoms with Crippen LogP contribution >= 0.6 is 0 Å². The minimum absolute atomic E-state index is 0.361. The van der Waals surface area contributed by atoms with E-state index in [0.717, 1.165) is 38.3 Å². The summed E-state index contributed by atoms with van der Waals surface area (Å²) in [7, 11) is 2.15. The van der Waals surface area contributed by atoms with Crippen molar-refractivity contribution in [2.75, 3.05) is 39.8 Å². The molecule has 1 aromatic rings. The number of aryl methyl sites for hydroxylation is 1. The fraction of sp³-hybridized carbons (Fsp3) is 0.571. The third-order valence-electron chi connectivity index (χ3n) is 3.57. The van der Waals surface area contributed by atoms with Gasteiger partial charge in [0, 0.05) is 32.7 Å². The van der Waals surface area contributed by atoms with Crippen LogP contribution in [0.15, 0.2) is 24.3 Å². The molecule has 0 saturated carbocycles. The predicted molar refractivity (Wildman–Crippen MR) is 70.1 cm³/mol. The Balaban J connectivity index is 1.93. The van der Waals surface area contributed by atoms with Crippen molar-refractivity contribution >= 4 is 0 Å². The lowest BCUT2D eigenvalue weighted by Gasteiger charge is -2.33. The third-order valence-corrected chi connectivity index (χ3v) is 3.57. The van der Waals surface area contributed by atoms with Gasteiger partial charge in [-0.3, -0.25) is 4.90 Å². The zero-order chi connectivity index (χ0) is 12.3. The molecule has 1 fully saturated rings. The topological polar surface area (TPSA) is 26.7 Å². The van der Waals surface area contributed by atoms with Crippen LogP contribution in [0.4, 0.5) is 0 Å². The maximum atomic E-state index is 10.3. The molecule has 0 aliphatic carbocycles. The maximum absolute atomic E-state index is 10.3. The van der Waals surface area contributed by atoms with Crippen molar-refractivity contribution in [2.24, 2.45) is 0 Å². The Morgan fingerprint density at radius 2 is 1.82 bits per heavy atom. The summed E-state index contributed by atoms with van der Waals surface area (Å²) in [5, 5.41) is 10.3. The lowest BCUT2D eigenvalue weighted by atomic mass is 10.0. The van der Waals surface area contributed by atoms with Crippen LogP contribution in [0.1, 0.15) is 17.2 Å². The molecule has 0 aromatic heterocycles. The van der Waals surface area contributed by atoms with Crippen molar-refractivity contribution in [3.05, 3.63) is 35.4 Å². The fourth-order valence-corrected chi connectivity index (χ4v) is 2.33. The van der Waals surface area contributed by atoms with E-state index < -0.39 is 0 Å². The third kappa shape index (κ3) is 3.28. The molecule has 1 aromatic carbocycles. The van der Waals surface area contributed by atoms with E-state index in [2.05, 4.69) is 29.8 Å². The highest BCUT2D eigenvalue weighted by Gasteiger charge is 2.18. The van der Waals surface area contributed by atoms with E-state index >= 15 is 0 Å². The molecule has 0 radical (unpaired) electrons. The highest BCUT2D eigenvalue weighted by atomic mass is 16.3. The van der Waals surface area contributed by atoms with Crippen LogP contribution in [0.3, 0.4) is 0 Å². The van der Waals surface area contributed by atoms with Gasteiger partial charge in [-0.25, -0.2) is 0 Å². The zero-order valence-corrected chi connectivity index (χ0v) is 10.8. The molecule has 1 unspecified atom stereocenters. The minimum atomic E-state index is -0.361. The van der Waals surface area contributed by atoms with Gasteiger partial charge in [0.15, 0.2) is 0 Å². The fourth-order valence-electron chi connectivity index (χ4n) is 2.33. The molecule has 0 spiro atoms. The molecule has 2 rings (SSSR count). The van der Waals surface area contributed by atoms with Crippen LogP contribution in [-0.2, 0) is 0 Å². The van der Waals surface area contributed by atoms with Crippen molar-refractivity contribution in [1.29, 1.82) is 0 Å². The second-order valence-electron chi connectivity index (χ2n) is 4.98. The molecule has 3 heteroatoms. The van der Waals surface area contributed by atoms with Gasteiger partial charge in [0.1, 0.15) is 0 Å². The number of β-amino-alcohol motifs (C(OH)–C–C–N with tert-alkyl or cyclic N) is 1. The number of hydrogen-bond acceptors (Lipinski definition) is 3. The second kappa shape index (κ2) is 5.63. The summed E-state index contributed by atoms with van der Waals surface area (Å²) < 4.78 is 0. The number of hydrogen-bond donors (Lipinski definition) is 1. The van der Waals surface area contributed by atoms with Gasteiger partial charge in [0.05, 0.1) is 6.10 Å². The van der Waals surface area contributed by atoms with Crippen molar-refractivity contribution in [3.8, 4) is 0 Å². The standard InChI is InChI=1S/C14H22N2O/c1-12-5-3-4-6-13(12)14(17)11-16-9-7-15(2)8-10-16/h3-6,14,17H,7-11H2,1-2H3. The van der Waals surface area contributed by atoms with E-state index in [4.69, 9.17) is 0 Å². The van der Waals surface area contributed by atoms with Gasteiger partial charge in [-0.2, -0.15) is 0 Å². The normalized spacial score (nSPS) is 20.4. The first-order valence-electron chi connectivity index (χ1n) is 6.31. The Labute approximate surface area is 104 Å². The molecule has 3 nitrogen and oxygen atoms in total. The largest absolute Gasteiger partial charge is 0.387 e. The van der Waals surface area contributed by atoms with Crippen LogP contribution in [0.2, 0.25) is 0 Å². The molecule has 1 heterocycles. The summed E-state index contributed by atoms with van der Waals surface area (Å²) in [5.41, 5.74) is 2.24. The maximum Gasteiger partial charge on any atom is 0.0919 e. The zero-order valence-electron chi connectivity index (χ0n) is 10.8. The van der Waals surface area contributed by atoms with Gasteiger partial charge >= 0.3 is 0 Å². The van der Waals surface area contributed by atoms with Gasteiger partial charge in [-0.15, -0.1) is 0 Å². The monoisotopic (exact) mass is 234 g/mol. The van der Waals surface area contributed by atoms with Crippen LogP contribution in [-0.4, -0.2) is 54.7 Å². The number of piperazine rings is 1. The molecule has 0 bridgehead atoms. The van der Waals surface area contributed by atoms with Crippen molar-refractivity contribution in [2.45, 2.75) is 13.0 Å².